The Hall–Kier alpha value is -2.49. The zero-order valence-electron chi connectivity index (χ0n) is 22.7. The highest BCUT2D eigenvalue weighted by Crippen LogP contribution is 2.28. The lowest BCUT2D eigenvalue weighted by Crippen LogP contribution is -2.49. The van der Waals surface area contributed by atoms with E-state index in [1.807, 2.05) is 6.92 Å². The van der Waals surface area contributed by atoms with E-state index in [4.69, 9.17) is 27.9 Å². The van der Waals surface area contributed by atoms with Crippen molar-refractivity contribution in [2.45, 2.75) is 71.0 Å². The zero-order valence-corrected chi connectivity index (χ0v) is 25.0. The van der Waals surface area contributed by atoms with Crippen molar-refractivity contribution in [2.24, 2.45) is 0 Å². The Bertz CT molecular complexity index is 1210. The van der Waals surface area contributed by atoms with Gasteiger partial charge in [0.2, 0.25) is 21.8 Å². The first-order chi connectivity index (χ1) is 18.5. The standard InChI is InChI=1S/C28H37Cl2N3O5S/c1-4-38-23-16-14-22(15-17-23)33(39(3,36)37)18-8-13-27(34)32(19-24-25(29)11-7-12-26(24)30)20(2)28(35)31-21-9-5-6-10-21/h7,11-12,14-17,20-21H,4-6,8-10,13,18-19H2,1-3H3,(H,31,35). The molecule has 3 rings (SSSR count). The fourth-order valence-electron chi connectivity index (χ4n) is 4.71. The molecule has 1 fully saturated rings. The molecule has 1 unspecified atom stereocenters. The molecule has 0 spiro atoms. The van der Waals surface area contributed by atoms with Gasteiger partial charge in [0.1, 0.15) is 11.8 Å². The maximum absolute atomic E-state index is 13.5. The van der Waals surface area contributed by atoms with Crippen LogP contribution in [0.5, 0.6) is 5.75 Å². The molecular formula is C28H37Cl2N3O5S. The largest absolute Gasteiger partial charge is 0.494 e. The summed E-state index contributed by atoms with van der Waals surface area (Å²) in [7, 11) is -3.60. The third kappa shape index (κ3) is 8.75. The summed E-state index contributed by atoms with van der Waals surface area (Å²) in [4.78, 5) is 28.1. The molecule has 11 heteroatoms. The third-order valence-corrected chi connectivity index (χ3v) is 8.75. The normalized spacial score (nSPS) is 14.6. The minimum Gasteiger partial charge on any atom is -0.494 e. The Morgan fingerprint density at radius 3 is 2.26 bits per heavy atom. The number of anilines is 1. The highest BCUT2D eigenvalue weighted by molar-refractivity contribution is 7.92. The van der Waals surface area contributed by atoms with Gasteiger partial charge in [0, 0.05) is 41.2 Å². The molecule has 0 saturated heterocycles. The van der Waals surface area contributed by atoms with E-state index >= 15 is 0 Å². The number of benzene rings is 2. The summed E-state index contributed by atoms with van der Waals surface area (Å²) in [6, 6.07) is 11.2. The monoisotopic (exact) mass is 597 g/mol. The minimum absolute atomic E-state index is 0.0339. The molecule has 0 radical (unpaired) electrons. The molecule has 1 aliphatic carbocycles. The number of sulfonamides is 1. The summed E-state index contributed by atoms with van der Waals surface area (Å²) in [5.74, 6) is 0.120. The lowest BCUT2D eigenvalue weighted by Gasteiger charge is -2.30. The average molecular weight is 599 g/mol. The van der Waals surface area contributed by atoms with Crippen molar-refractivity contribution in [1.82, 2.24) is 10.2 Å². The summed E-state index contributed by atoms with van der Waals surface area (Å²) < 4.78 is 31.8. The second-order valence-electron chi connectivity index (χ2n) is 9.75. The van der Waals surface area contributed by atoms with Crippen molar-refractivity contribution in [3.8, 4) is 5.75 Å². The predicted molar refractivity (Wildman–Crippen MR) is 156 cm³/mol. The minimum atomic E-state index is -3.60. The topological polar surface area (TPSA) is 96.0 Å². The van der Waals surface area contributed by atoms with Gasteiger partial charge >= 0.3 is 0 Å². The SMILES string of the molecule is CCOc1ccc(N(CCCC(=O)N(Cc2c(Cl)cccc2Cl)C(C)C(=O)NC2CCCC2)S(C)(=O)=O)cc1. The lowest BCUT2D eigenvalue weighted by atomic mass is 10.1. The molecule has 2 aromatic rings. The number of nitrogens with zero attached hydrogens (tertiary/aromatic N) is 2. The summed E-state index contributed by atoms with van der Waals surface area (Å²) >= 11 is 12.8. The van der Waals surface area contributed by atoms with Crippen molar-refractivity contribution in [2.75, 3.05) is 23.7 Å². The number of hydrogen-bond donors (Lipinski definition) is 1. The van der Waals surface area contributed by atoms with Crippen LogP contribution in [-0.4, -0.2) is 56.6 Å². The summed E-state index contributed by atoms with van der Waals surface area (Å²) in [5.41, 5.74) is 1.04. The van der Waals surface area contributed by atoms with Gasteiger partial charge in [-0.2, -0.15) is 0 Å². The van der Waals surface area contributed by atoms with Gasteiger partial charge < -0.3 is 15.0 Å². The number of carbonyl (C=O) groups is 2. The van der Waals surface area contributed by atoms with Gasteiger partial charge in [-0.25, -0.2) is 8.42 Å². The van der Waals surface area contributed by atoms with Gasteiger partial charge in [-0.15, -0.1) is 0 Å². The van der Waals surface area contributed by atoms with E-state index in [0.29, 0.717) is 33.7 Å². The van der Waals surface area contributed by atoms with Crippen LogP contribution in [0, 0.1) is 0 Å². The molecular weight excluding hydrogens is 561 g/mol. The second kappa shape index (κ2) is 14.2. The Morgan fingerprint density at radius 1 is 1.08 bits per heavy atom. The highest BCUT2D eigenvalue weighted by Gasteiger charge is 2.29. The predicted octanol–water partition coefficient (Wildman–Crippen LogP) is 5.41. The maximum Gasteiger partial charge on any atom is 0.242 e. The Labute approximate surface area is 241 Å². The Morgan fingerprint density at radius 2 is 1.69 bits per heavy atom. The third-order valence-electron chi connectivity index (χ3n) is 6.85. The number of halogens is 2. The molecule has 0 aromatic heterocycles. The van der Waals surface area contributed by atoms with Crippen LogP contribution in [0.25, 0.3) is 0 Å². The molecule has 1 saturated carbocycles. The molecule has 1 aliphatic rings. The number of hydrogen-bond acceptors (Lipinski definition) is 5. The highest BCUT2D eigenvalue weighted by atomic mass is 35.5. The van der Waals surface area contributed by atoms with Crippen LogP contribution in [0.15, 0.2) is 42.5 Å². The molecule has 39 heavy (non-hydrogen) atoms. The Kier molecular flexibility index (Phi) is 11.3. The molecule has 2 amide bonds. The van der Waals surface area contributed by atoms with Gasteiger partial charge in [-0.05, 0) is 69.5 Å². The molecule has 1 N–H and O–H groups in total. The molecule has 0 heterocycles. The summed E-state index contributed by atoms with van der Waals surface area (Å²) in [5, 5.41) is 3.87. The Balaban J connectivity index is 1.74. The number of rotatable bonds is 13. The van der Waals surface area contributed by atoms with E-state index in [-0.39, 0.29) is 43.8 Å². The maximum atomic E-state index is 13.5. The molecule has 1 atom stereocenters. The zero-order chi connectivity index (χ0) is 28.6. The van der Waals surface area contributed by atoms with Gasteiger partial charge in [0.25, 0.3) is 0 Å². The number of amides is 2. The molecule has 214 valence electrons. The van der Waals surface area contributed by atoms with Crippen molar-refractivity contribution >= 4 is 50.7 Å². The second-order valence-corrected chi connectivity index (χ2v) is 12.5. The first-order valence-electron chi connectivity index (χ1n) is 13.2. The van der Waals surface area contributed by atoms with E-state index in [0.717, 1.165) is 31.9 Å². The van der Waals surface area contributed by atoms with Crippen LogP contribution in [0.4, 0.5) is 5.69 Å². The van der Waals surface area contributed by atoms with Crippen LogP contribution in [0.2, 0.25) is 10.0 Å². The first kappa shape index (κ1) is 31.0. The van der Waals surface area contributed by atoms with E-state index in [1.165, 1.54) is 9.21 Å². The fraction of sp³-hybridized carbons (Fsp3) is 0.500. The van der Waals surface area contributed by atoms with Crippen LogP contribution in [-0.2, 0) is 26.2 Å². The van der Waals surface area contributed by atoms with Gasteiger partial charge in [-0.3, -0.25) is 13.9 Å². The van der Waals surface area contributed by atoms with Gasteiger partial charge in [-0.1, -0.05) is 42.1 Å². The van der Waals surface area contributed by atoms with E-state index in [1.54, 1.807) is 49.4 Å². The smallest absolute Gasteiger partial charge is 0.242 e. The van der Waals surface area contributed by atoms with Crippen LogP contribution < -0.4 is 14.4 Å². The van der Waals surface area contributed by atoms with E-state index in [9.17, 15) is 18.0 Å². The molecule has 2 aromatic carbocycles. The van der Waals surface area contributed by atoms with Crippen LogP contribution >= 0.6 is 23.2 Å². The first-order valence-corrected chi connectivity index (χ1v) is 15.8. The van der Waals surface area contributed by atoms with Crippen molar-refractivity contribution in [3.05, 3.63) is 58.1 Å². The average Bonchev–Trinajstić information content (AvgIpc) is 3.39. The lowest BCUT2D eigenvalue weighted by molar-refractivity contribution is -0.140. The van der Waals surface area contributed by atoms with E-state index < -0.39 is 16.1 Å². The van der Waals surface area contributed by atoms with Crippen LogP contribution in [0.1, 0.15) is 57.9 Å². The summed E-state index contributed by atoms with van der Waals surface area (Å²) in [6.07, 6.45) is 5.41. The number of ether oxygens (including phenoxy) is 1. The number of carbonyl (C=O) groups excluding carboxylic acids is 2. The molecule has 0 aliphatic heterocycles. The van der Waals surface area contributed by atoms with Gasteiger partial charge in [0.05, 0.1) is 18.6 Å². The fourth-order valence-corrected chi connectivity index (χ4v) is 6.19. The van der Waals surface area contributed by atoms with Crippen molar-refractivity contribution < 1.29 is 22.7 Å². The van der Waals surface area contributed by atoms with Crippen molar-refractivity contribution in [1.29, 1.82) is 0 Å². The van der Waals surface area contributed by atoms with E-state index in [2.05, 4.69) is 5.32 Å². The quantitative estimate of drug-likeness (QED) is 0.333. The van der Waals surface area contributed by atoms with Crippen LogP contribution in [0.3, 0.4) is 0 Å². The van der Waals surface area contributed by atoms with Crippen molar-refractivity contribution in [3.63, 3.8) is 0 Å². The van der Waals surface area contributed by atoms with Gasteiger partial charge in [0.15, 0.2) is 0 Å². The molecule has 0 bridgehead atoms. The number of nitrogens with one attached hydrogen (secondary N) is 1. The summed E-state index contributed by atoms with van der Waals surface area (Å²) in [6.45, 7) is 4.23. The molecule has 8 nitrogen and oxygen atoms in total.